The molecule has 134 valence electrons. The number of aromatic nitrogens is 2. The molecule has 3 aromatic heterocycles. The molecule has 1 atom stereocenters. The Kier molecular flexibility index (Phi) is 4.72. The first kappa shape index (κ1) is 17.5. The van der Waals surface area contributed by atoms with Crippen molar-refractivity contribution < 1.29 is 5.11 Å². The van der Waals surface area contributed by atoms with Crippen LogP contribution in [0.4, 0.5) is 0 Å². The fraction of sp³-hybridized carbons (Fsp3) is 0.350. The highest BCUT2D eigenvalue weighted by Gasteiger charge is 2.31. The predicted octanol–water partition coefficient (Wildman–Crippen LogP) is 3.80. The zero-order chi connectivity index (χ0) is 18.1. The summed E-state index contributed by atoms with van der Waals surface area (Å²) in [5.74, 6) is 5.96. The molecule has 3 aromatic rings. The topological polar surface area (TPSA) is 52.1 Å². The molecule has 0 unspecified atom stereocenters. The molecule has 0 bridgehead atoms. The summed E-state index contributed by atoms with van der Waals surface area (Å²) in [5.41, 5.74) is 2.74. The van der Waals surface area contributed by atoms with E-state index in [0.717, 1.165) is 30.1 Å². The van der Waals surface area contributed by atoms with E-state index in [0.29, 0.717) is 0 Å². The Morgan fingerprint density at radius 1 is 1.38 bits per heavy atom. The molecule has 6 heteroatoms. The molecule has 1 aliphatic heterocycles. The van der Waals surface area contributed by atoms with Gasteiger partial charge >= 0.3 is 0 Å². The average molecular weight is 384 g/mol. The molecule has 0 spiro atoms. The van der Waals surface area contributed by atoms with Crippen LogP contribution in [-0.2, 0) is 13.0 Å². The second-order valence-corrected chi connectivity index (χ2v) is 8.97. The van der Waals surface area contributed by atoms with Crippen LogP contribution >= 0.6 is 22.7 Å². The van der Waals surface area contributed by atoms with Crippen molar-refractivity contribution in [3.63, 3.8) is 0 Å². The molecular weight excluding hydrogens is 362 g/mol. The van der Waals surface area contributed by atoms with Crippen molar-refractivity contribution >= 4 is 22.7 Å². The van der Waals surface area contributed by atoms with Gasteiger partial charge in [0.2, 0.25) is 0 Å². The van der Waals surface area contributed by atoms with Crippen LogP contribution in [0.1, 0.15) is 46.6 Å². The fourth-order valence-corrected chi connectivity index (χ4v) is 4.81. The molecule has 4 heterocycles. The van der Waals surface area contributed by atoms with Gasteiger partial charge in [-0.15, -0.1) is 11.3 Å². The number of nitrogens with zero attached hydrogens (tertiary/aromatic N) is 2. The van der Waals surface area contributed by atoms with E-state index in [2.05, 4.69) is 49.6 Å². The minimum atomic E-state index is -0.961. The van der Waals surface area contributed by atoms with Crippen molar-refractivity contribution in [1.82, 2.24) is 14.9 Å². The summed E-state index contributed by atoms with van der Waals surface area (Å²) in [5, 5.41) is 14.1. The SMILES string of the molecule is CC(C)(O)C#Cc1ccc(CN2CCc3[nH]cnc3[C@H]2c2ccsc2)s1. The quantitative estimate of drug-likeness (QED) is 0.677. The first-order valence-electron chi connectivity index (χ1n) is 8.62. The Bertz CT molecular complexity index is 938. The Hall–Kier alpha value is -1.91. The van der Waals surface area contributed by atoms with Gasteiger partial charge in [-0.25, -0.2) is 4.98 Å². The number of nitrogens with one attached hydrogen (secondary N) is 1. The van der Waals surface area contributed by atoms with Gasteiger partial charge in [0.05, 0.1) is 22.9 Å². The number of hydrogen-bond acceptors (Lipinski definition) is 5. The van der Waals surface area contributed by atoms with E-state index >= 15 is 0 Å². The third-order valence-corrected chi connectivity index (χ3v) is 6.08. The second-order valence-electron chi connectivity index (χ2n) is 7.02. The molecule has 0 radical (unpaired) electrons. The van der Waals surface area contributed by atoms with Crippen LogP contribution in [0.2, 0.25) is 0 Å². The van der Waals surface area contributed by atoms with Gasteiger partial charge < -0.3 is 10.1 Å². The van der Waals surface area contributed by atoms with Crippen molar-refractivity contribution in [3.8, 4) is 11.8 Å². The third-order valence-electron chi connectivity index (χ3n) is 4.40. The number of H-pyrrole nitrogens is 1. The van der Waals surface area contributed by atoms with Crippen molar-refractivity contribution in [1.29, 1.82) is 0 Å². The van der Waals surface area contributed by atoms with Crippen LogP contribution in [-0.4, -0.2) is 32.1 Å². The number of hydrogen-bond donors (Lipinski definition) is 2. The van der Waals surface area contributed by atoms with E-state index in [1.165, 1.54) is 16.1 Å². The highest BCUT2D eigenvalue weighted by atomic mass is 32.1. The number of aromatic amines is 1. The molecule has 0 fully saturated rings. The number of aliphatic hydroxyl groups is 1. The fourth-order valence-electron chi connectivity index (χ4n) is 3.24. The molecule has 1 aliphatic rings. The summed E-state index contributed by atoms with van der Waals surface area (Å²) in [6.45, 7) is 5.28. The van der Waals surface area contributed by atoms with E-state index in [4.69, 9.17) is 0 Å². The van der Waals surface area contributed by atoms with Crippen molar-refractivity contribution in [2.75, 3.05) is 6.54 Å². The maximum atomic E-state index is 9.77. The summed E-state index contributed by atoms with van der Waals surface area (Å²) in [7, 11) is 0. The number of thiophene rings is 2. The molecular formula is C20H21N3OS2. The molecule has 4 nitrogen and oxygen atoms in total. The van der Waals surface area contributed by atoms with Crippen LogP contribution in [0.15, 0.2) is 35.3 Å². The summed E-state index contributed by atoms with van der Waals surface area (Å²) in [6, 6.07) is 6.58. The van der Waals surface area contributed by atoms with Gasteiger partial charge in [0.1, 0.15) is 5.60 Å². The number of fused-ring (bicyclic) bond motifs is 1. The monoisotopic (exact) mass is 383 g/mol. The molecule has 0 amide bonds. The van der Waals surface area contributed by atoms with Gasteiger partial charge in [0.15, 0.2) is 0 Å². The van der Waals surface area contributed by atoms with E-state index in [9.17, 15) is 5.11 Å². The standard InChI is InChI=1S/C20H21N3OS2/c1-20(2,24)8-5-15-3-4-16(26-15)11-23-9-6-17-18(22-13-21-17)19(23)14-7-10-25-12-14/h3-4,7,10,12-13,19,24H,6,9,11H2,1-2H3,(H,21,22)/t19-/m1/s1. The maximum absolute atomic E-state index is 9.77. The molecule has 0 saturated heterocycles. The first-order valence-corrected chi connectivity index (χ1v) is 10.4. The van der Waals surface area contributed by atoms with E-state index in [1.54, 1.807) is 36.5 Å². The zero-order valence-electron chi connectivity index (χ0n) is 14.8. The number of imidazole rings is 1. The van der Waals surface area contributed by atoms with Crippen molar-refractivity contribution in [2.45, 2.75) is 38.5 Å². The van der Waals surface area contributed by atoms with Crippen LogP contribution in [0.25, 0.3) is 0 Å². The lowest BCUT2D eigenvalue weighted by atomic mass is 9.98. The zero-order valence-corrected chi connectivity index (χ0v) is 16.5. The molecule has 0 aliphatic carbocycles. The summed E-state index contributed by atoms with van der Waals surface area (Å²) >= 11 is 3.43. The highest BCUT2D eigenvalue weighted by Crippen LogP contribution is 2.36. The van der Waals surface area contributed by atoms with Crippen molar-refractivity contribution in [2.24, 2.45) is 0 Å². The summed E-state index contributed by atoms with van der Waals surface area (Å²) in [4.78, 5) is 12.7. The van der Waals surface area contributed by atoms with Gasteiger partial charge in [-0.3, -0.25) is 4.90 Å². The Morgan fingerprint density at radius 3 is 3.04 bits per heavy atom. The van der Waals surface area contributed by atoms with Crippen LogP contribution in [0.3, 0.4) is 0 Å². The predicted molar refractivity (Wildman–Crippen MR) is 106 cm³/mol. The van der Waals surface area contributed by atoms with Gasteiger partial charge in [-0.1, -0.05) is 11.8 Å². The third kappa shape index (κ3) is 3.76. The first-order chi connectivity index (χ1) is 12.5. The summed E-state index contributed by atoms with van der Waals surface area (Å²) < 4.78 is 0. The largest absolute Gasteiger partial charge is 0.378 e. The Balaban J connectivity index is 1.58. The Labute approximate surface area is 161 Å². The number of rotatable bonds is 3. The lowest BCUT2D eigenvalue weighted by Gasteiger charge is -2.34. The van der Waals surface area contributed by atoms with Crippen LogP contribution in [0.5, 0.6) is 0 Å². The molecule has 0 aromatic carbocycles. The summed E-state index contributed by atoms with van der Waals surface area (Å²) in [6.07, 6.45) is 2.80. The van der Waals surface area contributed by atoms with E-state index in [1.807, 2.05) is 12.4 Å². The van der Waals surface area contributed by atoms with Crippen LogP contribution in [0, 0.1) is 11.8 Å². The average Bonchev–Trinajstić information content (AvgIpc) is 3.34. The van der Waals surface area contributed by atoms with E-state index in [-0.39, 0.29) is 6.04 Å². The molecule has 4 rings (SSSR count). The molecule has 26 heavy (non-hydrogen) atoms. The van der Waals surface area contributed by atoms with Gasteiger partial charge in [0.25, 0.3) is 0 Å². The van der Waals surface area contributed by atoms with Gasteiger partial charge in [-0.2, -0.15) is 11.3 Å². The van der Waals surface area contributed by atoms with Crippen LogP contribution < -0.4 is 0 Å². The van der Waals surface area contributed by atoms with Gasteiger partial charge in [-0.05, 0) is 48.4 Å². The minimum absolute atomic E-state index is 0.198. The smallest absolute Gasteiger partial charge is 0.120 e. The van der Waals surface area contributed by atoms with E-state index < -0.39 is 5.60 Å². The lowest BCUT2D eigenvalue weighted by Crippen LogP contribution is -2.35. The lowest BCUT2D eigenvalue weighted by molar-refractivity contribution is 0.143. The second kappa shape index (κ2) is 7.01. The Morgan fingerprint density at radius 2 is 2.27 bits per heavy atom. The van der Waals surface area contributed by atoms with Gasteiger partial charge in [0, 0.05) is 30.1 Å². The molecule has 2 N–H and O–H groups in total. The highest BCUT2D eigenvalue weighted by molar-refractivity contribution is 7.12. The minimum Gasteiger partial charge on any atom is -0.378 e. The molecule has 0 saturated carbocycles. The van der Waals surface area contributed by atoms with Crippen molar-refractivity contribution in [3.05, 3.63) is 62.0 Å². The normalized spacial score (nSPS) is 17.6. The maximum Gasteiger partial charge on any atom is 0.120 e.